The first-order valence-electron chi connectivity index (χ1n) is 10.4. The number of imide groups is 1. The van der Waals surface area contributed by atoms with Gasteiger partial charge in [-0.1, -0.05) is 61.0 Å². The SMILES string of the molecule is CCCOc1ccccc1N1C(=O)C(Nc2ccc(Cl)cc2C)=C(c2ccccc2)C1=O. The van der Waals surface area contributed by atoms with Gasteiger partial charge in [0.1, 0.15) is 11.4 Å². The number of amides is 2. The number of carbonyl (C=O) groups excluding carboxylic acids is 2. The van der Waals surface area contributed by atoms with Crippen molar-refractivity contribution in [2.24, 2.45) is 0 Å². The van der Waals surface area contributed by atoms with Gasteiger partial charge in [0.25, 0.3) is 11.8 Å². The molecule has 0 aliphatic carbocycles. The topological polar surface area (TPSA) is 58.6 Å². The summed E-state index contributed by atoms with van der Waals surface area (Å²) >= 11 is 6.09. The molecule has 1 aliphatic heterocycles. The van der Waals surface area contributed by atoms with E-state index in [4.69, 9.17) is 16.3 Å². The number of aryl methyl sites for hydroxylation is 1. The Bertz CT molecular complexity index is 1200. The minimum Gasteiger partial charge on any atom is -0.491 e. The number of carbonyl (C=O) groups is 2. The maximum atomic E-state index is 13.6. The monoisotopic (exact) mass is 446 g/mol. The summed E-state index contributed by atoms with van der Waals surface area (Å²) in [5.74, 6) is -0.342. The van der Waals surface area contributed by atoms with Crippen molar-refractivity contribution < 1.29 is 14.3 Å². The highest BCUT2D eigenvalue weighted by Gasteiger charge is 2.41. The molecule has 162 valence electrons. The summed E-state index contributed by atoms with van der Waals surface area (Å²) in [5.41, 5.74) is 3.19. The Labute approximate surface area is 192 Å². The maximum Gasteiger partial charge on any atom is 0.282 e. The predicted octanol–water partition coefficient (Wildman–Crippen LogP) is 5.83. The van der Waals surface area contributed by atoms with Crippen LogP contribution >= 0.6 is 11.6 Å². The number of nitrogens with one attached hydrogen (secondary N) is 1. The molecule has 32 heavy (non-hydrogen) atoms. The standard InChI is InChI=1S/C26H23ClN2O3/c1-3-15-32-22-12-8-7-11-21(22)29-25(30)23(18-9-5-4-6-10-18)24(26(29)31)28-20-14-13-19(27)16-17(20)2/h4-14,16,28H,3,15H2,1-2H3. The van der Waals surface area contributed by atoms with E-state index in [0.717, 1.165) is 12.0 Å². The van der Waals surface area contributed by atoms with Gasteiger partial charge in [0.05, 0.1) is 17.9 Å². The average molecular weight is 447 g/mol. The van der Waals surface area contributed by atoms with Crippen molar-refractivity contribution in [3.63, 3.8) is 0 Å². The fraction of sp³-hybridized carbons (Fsp3) is 0.154. The molecule has 0 spiro atoms. The molecule has 0 radical (unpaired) electrons. The third-order valence-electron chi connectivity index (χ3n) is 5.16. The number of benzene rings is 3. The van der Waals surface area contributed by atoms with E-state index in [-0.39, 0.29) is 5.70 Å². The molecule has 0 saturated heterocycles. The van der Waals surface area contributed by atoms with Crippen molar-refractivity contribution in [1.82, 2.24) is 0 Å². The van der Waals surface area contributed by atoms with Crippen molar-refractivity contribution in [3.8, 4) is 5.75 Å². The molecule has 0 unspecified atom stereocenters. The highest BCUT2D eigenvalue weighted by atomic mass is 35.5. The number of hydrogen-bond donors (Lipinski definition) is 1. The molecule has 0 atom stereocenters. The van der Waals surface area contributed by atoms with E-state index in [1.54, 1.807) is 36.4 Å². The molecular formula is C26H23ClN2O3. The molecule has 0 aromatic heterocycles. The molecule has 4 rings (SSSR count). The Hall–Kier alpha value is -3.57. The zero-order valence-corrected chi connectivity index (χ0v) is 18.6. The lowest BCUT2D eigenvalue weighted by molar-refractivity contribution is -0.120. The summed E-state index contributed by atoms with van der Waals surface area (Å²) in [6.07, 6.45) is 0.812. The van der Waals surface area contributed by atoms with Crippen LogP contribution < -0.4 is 15.0 Å². The van der Waals surface area contributed by atoms with Gasteiger partial charge in [0.2, 0.25) is 0 Å². The van der Waals surface area contributed by atoms with Crippen LogP contribution in [-0.4, -0.2) is 18.4 Å². The van der Waals surface area contributed by atoms with Crippen LogP contribution in [-0.2, 0) is 9.59 Å². The summed E-state index contributed by atoms with van der Waals surface area (Å²) < 4.78 is 5.82. The first-order chi connectivity index (χ1) is 15.5. The molecule has 3 aromatic carbocycles. The van der Waals surface area contributed by atoms with Crippen molar-refractivity contribution in [1.29, 1.82) is 0 Å². The smallest absolute Gasteiger partial charge is 0.282 e. The molecule has 1 N–H and O–H groups in total. The van der Waals surface area contributed by atoms with Crippen molar-refractivity contribution in [2.45, 2.75) is 20.3 Å². The zero-order valence-electron chi connectivity index (χ0n) is 17.9. The lowest BCUT2D eigenvalue weighted by Gasteiger charge is -2.19. The highest BCUT2D eigenvalue weighted by molar-refractivity contribution is 6.46. The van der Waals surface area contributed by atoms with Crippen LogP contribution in [0.4, 0.5) is 11.4 Å². The van der Waals surface area contributed by atoms with Crippen molar-refractivity contribution >= 4 is 40.4 Å². The van der Waals surface area contributed by atoms with Gasteiger partial charge >= 0.3 is 0 Å². The Morgan fingerprint density at radius 2 is 1.66 bits per heavy atom. The summed E-state index contributed by atoms with van der Waals surface area (Å²) in [7, 11) is 0. The van der Waals surface area contributed by atoms with E-state index >= 15 is 0 Å². The van der Waals surface area contributed by atoms with Gasteiger partial charge in [-0.15, -0.1) is 0 Å². The largest absolute Gasteiger partial charge is 0.491 e. The van der Waals surface area contributed by atoms with Gasteiger partial charge in [-0.25, -0.2) is 4.90 Å². The van der Waals surface area contributed by atoms with Crippen LogP contribution in [0.1, 0.15) is 24.5 Å². The number of para-hydroxylation sites is 2. The zero-order chi connectivity index (χ0) is 22.7. The van der Waals surface area contributed by atoms with Crippen LogP contribution in [0.3, 0.4) is 0 Å². The maximum absolute atomic E-state index is 13.6. The van der Waals surface area contributed by atoms with Crippen molar-refractivity contribution in [3.05, 3.63) is 94.6 Å². The summed E-state index contributed by atoms with van der Waals surface area (Å²) in [5, 5.41) is 3.80. The fourth-order valence-corrected chi connectivity index (χ4v) is 3.84. The Kier molecular flexibility index (Phi) is 6.28. The number of hydrogen-bond acceptors (Lipinski definition) is 4. The average Bonchev–Trinajstić information content (AvgIpc) is 3.04. The highest BCUT2D eigenvalue weighted by Crippen LogP contribution is 2.38. The Morgan fingerprint density at radius 1 is 0.938 bits per heavy atom. The van der Waals surface area contributed by atoms with Gasteiger partial charge < -0.3 is 10.1 Å². The summed E-state index contributed by atoms with van der Waals surface area (Å²) in [6.45, 7) is 4.38. The summed E-state index contributed by atoms with van der Waals surface area (Å²) in [6, 6.07) is 21.6. The van der Waals surface area contributed by atoms with E-state index in [1.165, 1.54) is 4.90 Å². The van der Waals surface area contributed by atoms with Crippen LogP contribution in [0.25, 0.3) is 5.57 Å². The van der Waals surface area contributed by atoms with Crippen LogP contribution in [0.15, 0.2) is 78.5 Å². The van der Waals surface area contributed by atoms with Gasteiger partial charge in [-0.3, -0.25) is 9.59 Å². The normalized spacial score (nSPS) is 13.7. The lowest BCUT2D eigenvalue weighted by atomic mass is 10.0. The quantitative estimate of drug-likeness (QED) is 0.463. The molecule has 1 heterocycles. The first kappa shape index (κ1) is 21.7. The van der Waals surface area contributed by atoms with Gasteiger partial charge in [0.15, 0.2) is 0 Å². The van der Waals surface area contributed by atoms with Gasteiger partial charge in [0, 0.05) is 10.7 Å². The molecule has 0 fully saturated rings. The molecule has 6 heteroatoms. The number of anilines is 2. The van der Waals surface area contributed by atoms with E-state index < -0.39 is 11.8 Å². The second-order valence-electron chi connectivity index (χ2n) is 7.46. The number of halogens is 1. The van der Waals surface area contributed by atoms with Gasteiger partial charge in [-0.05, 0) is 54.8 Å². The fourth-order valence-electron chi connectivity index (χ4n) is 3.62. The molecule has 5 nitrogen and oxygen atoms in total. The van der Waals surface area contributed by atoms with Crippen LogP contribution in [0.2, 0.25) is 5.02 Å². The Balaban J connectivity index is 1.81. The minimum atomic E-state index is -0.434. The third kappa shape index (κ3) is 4.12. The predicted molar refractivity (Wildman–Crippen MR) is 128 cm³/mol. The summed E-state index contributed by atoms with van der Waals surface area (Å²) in [4.78, 5) is 28.4. The third-order valence-corrected chi connectivity index (χ3v) is 5.40. The lowest BCUT2D eigenvalue weighted by Crippen LogP contribution is -2.32. The molecule has 2 amide bonds. The molecule has 1 aliphatic rings. The second kappa shape index (κ2) is 9.28. The number of ether oxygens (including phenoxy) is 1. The number of rotatable bonds is 7. The van der Waals surface area contributed by atoms with Gasteiger partial charge in [-0.2, -0.15) is 0 Å². The molecule has 0 bridgehead atoms. The molecule has 3 aromatic rings. The van der Waals surface area contributed by atoms with E-state index in [1.807, 2.05) is 50.2 Å². The van der Waals surface area contributed by atoms with Crippen LogP contribution in [0.5, 0.6) is 5.75 Å². The second-order valence-corrected chi connectivity index (χ2v) is 7.90. The van der Waals surface area contributed by atoms with E-state index in [9.17, 15) is 9.59 Å². The Morgan fingerprint density at radius 3 is 2.38 bits per heavy atom. The number of nitrogens with zero attached hydrogens (tertiary/aromatic N) is 1. The molecule has 0 saturated carbocycles. The molecular weight excluding hydrogens is 424 g/mol. The van der Waals surface area contributed by atoms with E-state index in [2.05, 4.69) is 5.32 Å². The van der Waals surface area contributed by atoms with Crippen molar-refractivity contribution in [2.75, 3.05) is 16.8 Å². The minimum absolute atomic E-state index is 0.219. The van der Waals surface area contributed by atoms with Crippen LogP contribution in [0, 0.1) is 6.92 Å². The first-order valence-corrected chi connectivity index (χ1v) is 10.8. The van der Waals surface area contributed by atoms with E-state index in [0.29, 0.717) is 39.9 Å².